The number of halogens is 1. The Kier molecular flexibility index (Phi) is 5.82. The zero-order valence-corrected chi connectivity index (χ0v) is 14.9. The number of aromatic nitrogens is 1. The molecule has 2 N–H and O–H groups in total. The van der Waals surface area contributed by atoms with E-state index in [0.29, 0.717) is 29.7 Å². The van der Waals surface area contributed by atoms with Crippen molar-refractivity contribution in [3.63, 3.8) is 0 Å². The Morgan fingerprint density at radius 2 is 2.29 bits per heavy atom. The number of hydrogen-bond acceptors (Lipinski definition) is 4. The first-order chi connectivity index (χ1) is 11.7. The van der Waals surface area contributed by atoms with Gasteiger partial charge in [0.25, 0.3) is 5.91 Å². The molecule has 0 saturated carbocycles. The van der Waals surface area contributed by atoms with Crippen molar-refractivity contribution < 1.29 is 9.53 Å². The number of carbonyl (C=O) groups excluding carboxylic acids is 1. The molecule has 6 heteroatoms. The molecule has 24 heavy (non-hydrogen) atoms. The summed E-state index contributed by atoms with van der Waals surface area (Å²) in [7, 11) is 0. The van der Waals surface area contributed by atoms with Crippen LogP contribution in [0, 0.1) is 5.92 Å². The molecule has 0 aliphatic carbocycles. The third-order valence-corrected chi connectivity index (χ3v) is 4.47. The molecule has 1 aromatic heterocycles. The predicted molar refractivity (Wildman–Crippen MR) is 96.4 cm³/mol. The van der Waals surface area contributed by atoms with Gasteiger partial charge >= 0.3 is 0 Å². The Hall–Kier alpha value is -1.92. The predicted octanol–water partition coefficient (Wildman–Crippen LogP) is 3.37. The monoisotopic (exact) mass is 389 g/mol. The molecule has 0 bridgehead atoms. The summed E-state index contributed by atoms with van der Waals surface area (Å²) in [6.07, 6.45) is 3.92. The SMILES string of the molecule is O=C(NCC1CCCNC1)c1cccnc1Oc1cccc(Br)c1. The van der Waals surface area contributed by atoms with Crippen LogP contribution in [-0.4, -0.2) is 30.5 Å². The van der Waals surface area contributed by atoms with E-state index in [0.717, 1.165) is 30.4 Å². The Balaban J connectivity index is 1.67. The Morgan fingerprint density at radius 1 is 1.38 bits per heavy atom. The molecule has 2 heterocycles. The summed E-state index contributed by atoms with van der Waals surface area (Å²) in [5, 5.41) is 6.35. The van der Waals surface area contributed by atoms with Crippen molar-refractivity contribution in [1.29, 1.82) is 0 Å². The average Bonchev–Trinajstić information content (AvgIpc) is 2.61. The second-order valence-corrected chi connectivity index (χ2v) is 6.75. The van der Waals surface area contributed by atoms with Gasteiger partial charge in [-0.1, -0.05) is 22.0 Å². The number of benzene rings is 1. The molecule has 1 atom stereocenters. The van der Waals surface area contributed by atoms with Gasteiger partial charge in [0.2, 0.25) is 5.88 Å². The largest absolute Gasteiger partial charge is 0.438 e. The molecule has 2 aromatic rings. The average molecular weight is 390 g/mol. The van der Waals surface area contributed by atoms with Gasteiger partial charge in [-0.05, 0) is 62.2 Å². The van der Waals surface area contributed by atoms with Crippen LogP contribution in [0.5, 0.6) is 11.6 Å². The Bertz CT molecular complexity index is 702. The number of amides is 1. The van der Waals surface area contributed by atoms with Crippen LogP contribution in [0.4, 0.5) is 0 Å². The van der Waals surface area contributed by atoms with Gasteiger partial charge in [0.1, 0.15) is 11.3 Å². The summed E-state index contributed by atoms with van der Waals surface area (Å²) < 4.78 is 6.70. The number of nitrogens with zero attached hydrogens (tertiary/aromatic N) is 1. The van der Waals surface area contributed by atoms with Gasteiger partial charge in [-0.15, -0.1) is 0 Å². The van der Waals surface area contributed by atoms with E-state index in [9.17, 15) is 4.79 Å². The van der Waals surface area contributed by atoms with E-state index in [2.05, 4.69) is 31.5 Å². The number of ether oxygens (including phenoxy) is 1. The van der Waals surface area contributed by atoms with Crippen molar-refractivity contribution in [2.24, 2.45) is 5.92 Å². The minimum atomic E-state index is -0.154. The Morgan fingerprint density at radius 3 is 3.08 bits per heavy atom. The molecule has 1 amide bonds. The van der Waals surface area contributed by atoms with Crippen molar-refractivity contribution in [1.82, 2.24) is 15.6 Å². The molecular formula is C18H20BrN3O2. The highest BCUT2D eigenvalue weighted by Gasteiger charge is 2.17. The van der Waals surface area contributed by atoms with Crippen molar-refractivity contribution in [3.05, 3.63) is 52.6 Å². The summed E-state index contributed by atoms with van der Waals surface area (Å²) in [5.41, 5.74) is 0.446. The van der Waals surface area contributed by atoms with Crippen LogP contribution in [0.2, 0.25) is 0 Å². The molecule has 3 rings (SSSR count). The molecule has 1 aliphatic rings. The molecular weight excluding hydrogens is 370 g/mol. The zero-order valence-electron chi connectivity index (χ0n) is 13.3. The van der Waals surface area contributed by atoms with Crippen LogP contribution in [0.3, 0.4) is 0 Å². The first kappa shape index (κ1) is 16.9. The van der Waals surface area contributed by atoms with Crippen molar-refractivity contribution in [3.8, 4) is 11.6 Å². The highest BCUT2D eigenvalue weighted by atomic mass is 79.9. The molecule has 1 aliphatic heterocycles. The summed E-state index contributed by atoms with van der Waals surface area (Å²) in [5.74, 6) is 1.27. The van der Waals surface area contributed by atoms with Crippen LogP contribution >= 0.6 is 15.9 Å². The number of carbonyl (C=O) groups is 1. The van der Waals surface area contributed by atoms with Crippen molar-refractivity contribution >= 4 is 21.8 Å². The minimum absolute atomic E-state index is 0.154. The second-order valence-electron chi connectivity index (χ2n) is 5.84. The highest BCUT2D eigenvalue weighted by molar-refractivity contribution is 9.10. The van der Waals surface area contributed by atoms with E-state index >= 15 is 0 Å². The quantitative estimate of drug-likeness (QED) is 0.822. The normalized spacial score (nSPS) is 17.3. The zero-order chi connectivity index (χ0) is 16.8. The molecule has 1 saturated heterocycles. The van der Waals surface area contributed by atoms with Crippen LogP contribution in [0.1, 0.15) is 23.2 Å². The van der Waals surface area contributed by atoms with Crippen LogP contribution in [-0.2, 0) is 0 Å². The maximum absolute atomic E-state index is 12.5. The number of nitrogens with one attached hydrogen (secondary N) is 2. The smallest absolute Gasteiger partial charge is 0.256 e. The number of piperidine rings is 1. The van der Waals surface area contributed by atoms with Crippen LogP contribution in [0.25, 0.3) is 0 Å². The third-order valence-electron chi connectivity index (χ3n) is 3.98. The number of rotatable bonds is 5. The molecule has 126 valence electrons. The molecule has 0 spiro atoms. The maximum Gasteiger partial charge on any atom is 0.256 e. The number of pyridine rings is 1. The van der Waals surface area contributed by atoms with Crippen LogP contribution < -0.4 is 15.4 Å². The van der Waals surface area contributed by atoms with E-state index in [4.69, 9.17) is 4.74 Å². The first-order valence-corrected chi connectivity index (χ1v) is 8.89. The van der Waals surface area contributed by atoms with E-state index < -0.39 is 0 Å². The van der Waals surface area contributed by atoms with E-state index in [1.807, 2.05) is 24.3 Å². The summed E-state index contributed by atoms with van der Waals surface area (Å²) in [4.78, 5) is 16.7. The van der Waals surface area contributed by atoms with Gasteiger partial charge in [0, 0.05) is 17.2 Å². The fourth-order valence-electron chi connectivity index (χ4n) is 2.72. The van der Waals surface area contributed by atoms with E-state index in [1.54, 1.807) is 18.3 Å². The fourth-order valence-corrected chi connectivity index (χ4v) is 3.10. The van der Waals surface area contributed by atoms with Gasteiger partial charge in [-0.2, -0.15) is 0 Å². The lowest BCUT2D eigenvalue weighted by molar-refractivity contribution is 0.0942. The Labute approximate surface area is 149 Å². The molecule has 1 unspecified atom stereocenters. The van der Waals surface area contributed by atoms with E-state index in [-0.39, 0.29) is 5.91 Å². The van der Waals surface area contributed by atoms with Gasteiger partial charge in [0.15, 0.2) is 0 Å². The van der Waals surface area contributed by atoms with Crippen LogP contribution in [0.15, 0.2) is 47.1 Å². The lowest BCUT2D eigenvalue weighted by Gasteiger charge is -2.23. The first-order valence-electron chi connectivity index (χ1n) is 8.10. The van der Waals surface area contributed by atoms with Gasteiger partial charge in [-0.25, -0.2) is 4.98 Å². The topological polar surface area (TPSA) is 63.2 Å². The fraction of sp³-hybridized carbons (Fsp3) is 0.333. The molecule has 1 aromatic carbocycles. The summed E-state index contributed by atoms with van der Waals surface area (Å²) >= 11 is 3.41. The molecule has 1 fully saturated rings. The standard InChI is InChI=1S/C18H20BrN3O2/c19-14-5-1-6-15(10-14)24-18-16(7-3-9-21-18)17(23)22-12-13-4-2-8-20-11-13/h1,3,5-7,9-10,13,20H,2,4,8,11-12H2,(H,22,23). The molecule has 5 nitrogen and oxygen atoms in total. The van der Waals surface area contributed by atoms with Gasteiger partial charge in [0.05, 0.1) is 0 Å². The van der Waals surface area contributed by atoms with Crippen molar-refractivity contribution in [2.75, 3.05) is 19.6 Å². The molecule has 0 radical (unpaired) electrons. The van der Waals surface area contributed by atoms with Gasteiger partial charge in [-0.3, -0.25) is 4.79 Å². The number of hydrogen-bond donors (Lipinski definition) is 2. The summed E-state index contributed by atoms with van der Waals surface area (Å²) in [6, 6.07) is 10.9. The lowest BCUT2D eigenvalue weighted by atomic mass is 10.00. The highest BCUT2D eigenvalue weighted by Crippen LogP contribution is 2.25. The minimum Gasteiger partial charge on any atom is -0.438 e. The lowest BCUT2D eigenvalue weighted by Crippen LogP contribution is -2.38. The third kappa shape index (κ3) is 4.55. The summed E-state index contributed by atoms with van der Waals surface area (Å²) in [6.45, 7) is 2.68. The second kappa shape index (κ2) is 8.26. The van der Waals surface area contributed by atoms with Gasteiger partial charge < -0.3 is 15.4 Å². The maximum atomic E-state index is 12.5. The van der Waals surface area contributed by atoms with E-state index in [1.165, 1.54) is 0 Å². The van der Waals surface area contributed by atoms with Crippen molar-refractivity contribution in [2.45, 2.75) is 12.8 Å².